The van der Waals surface area contributed by atoms with E-state index < -0.39 is 11.8 Å². The predicted octanol–water partition coefficient (Wildman–Crippen LogP) is 2.16. The summed E-state index contributed by atoms with van der Waals surface area (Å²) in [5.41, 5.74) is 0.708. The highest BCUT2D eigenvalue weighted by Gasteiger charge is 2.18. The van der Waals surface area contributed by atoms with Gasteiger partial charge in [-0.05, 0) is 38.5 Å². The number of carbonyl (C=O) groups excluding carboxylic acids is 2. The number of amides is 1. The Hall–Kier alpha value is -1.91. The smallest absolute Gasteiger partial charge is 0.325 e. The van der Waals surface area contributed by atoms with Crippen molar-refractivity contribution in [2.75, 3.05) is 19.7 Å². The fourth-order valence-corrected chi connectivity index (χ4v) is 1.60. The van der Waals surface area contributed by atoms with Crippen LogP contribution in [0, 0.1) is 12.7 Å². The number of ether oxygens (including phenoxy) is 1. The number of hydrogen-bond acceptors (Lipinski definition) is 3. The van der Waals surface area contributed by atoms with Gasteiger partial charge in [-0.2, -0.15) is 0 Å². The molecule has 0 aliphatic rings. The molecule has 1 rings (SSSR count). The van der Waals surface area contributed by atoms with E-state index in [1.54, 1.807) is 32.9 Å². The molecule has 104 valence electrons. The van der Waals surface area contributed by atoms with Crippen LogP contribution in [-0.2, 0) is 9.53 Å². The van der Waals surface area contributed by atoms with Crippen LogP contribution in [0.5, 0.6) is 0 Å². The summed E-state index contributed by atoms with van der Waals surface area (Å²) in [6.45, 7) is 5.57. The van der Waals surface area contributed by atoms with Crippen LogP contribution < -0.4 is 0 Å². The molecule has 1 aromatic rings. The lowest BCUT2D eigenvalue weighted by Gasteiger charge is -2.19. The van der Waals surface area contributed by atoms with Gasteiger partial charge in [-0.1, -0.05) is 6.07 Å². The van der Waals surface area contributed by atoms with Crippen molar-refractivity contribution in [1.82, 2.24) is 4.90 Å². The Bertz CT molecular complexity index is 474. The first kappa shape index (κ1) is 15.1. The Morgan fingerprint density at radius 2 is 2.00 bits per heavy atom. The lowest BCUT2D eigenvalue weighted by Crippen LogP contribution is -2.36. The van der Waals surface area contributed by atoms with Gasteiger partial charge in [0.15, 0.2) is 0 Å². The summed E-state index contributed by atoms with van der Waals surface area (Å²) in [7, 11) is 0. The zero-order valence-electron chi connectivity index (χ0n) is 11.4. The van der Waals surface area contributed by atoms with Gasteiger partial charge in [0.2, 0.25) is 0 Å². The van der Waals surface area contributed by atoms with Gasteiger partial charge in [0.25, 0.3) is 5.91 Å². The maximum absolute atomic E-state index is 13.4. The van der Waals surface area contributed by atoms with Crippen LogP contribution in [-0.4, -0.2) is 36.5 Å². The molecule has 0 heterocycles. The third-order valence-electron chi connectivity index (χ3n) is 2.71. The molecule has 0 radical (unpaired) electrons. The summed E-state index contributed by atoms with van der Waals surface area (Å²) in [6, 6.07) is 4.28. The van der Waals surface area contributed by atoms with Crippen molar-refractivity contribution < 1.29 is 18.7 Å². The third kappa shape index (κ3) is 4.05. The first-order valence-electron chi connectivity index (χ1n) is 6.20. The van der Waals surface area contributed by atoms with E-state index in [-0.39, 0.29) is 24.6 Å². The second-order valence-corrected chi connectivity index (χ2v) is 4.09. The molecule has 0 atom stereocenters. The van der Waals surface area contributed by atoms with Crippen LogP contribution >= 0.6 is 0 Å². The molecule has 0 saturated carbocycles. The van der Waals surface area contributed by atoms with Crippen LogP contribution in [0.15, 0.2) is 18.2 Å². The molecule has 0 bridgehead atoms. The van der Waals surface area contributed by atoms with E-state index in [2.05, 4.69) is 0 Å². The summed E-state index contributed by atoms with van der Waals surface area (Å²) < 4.78 is 18.2. The highest BCUT2D eigenvalue weighted by molar-refractivity contribution is 5.96. The number of halogens is 1. The second-order valence-electron chi connectivity index (χ2n) is 4.09. The maximum atomic E-state index is 13.4. The summed E-state index contributed by atoms with van der Waals surface area (Å²) in [6.07, 6.45) is 0. The zero-order valence-corrected chi connectivity index (χ0v) is 11.4. The van der Waals surface area contributed by atoms with Crippen molar-refractivity contribution in [1.29, 1.82) is 0 Å². The number of aryl methyl sites for hydroxylation is 1. The summed E-state index contributed by atoms with van der Waals surface area (Å²) in [5, 5.41) is 0. The van der Waals surface area contributed by atoms with Gasteiger partial charge < -0.3 is 9.64 Å². The maximum Gasteiger partial charge on any atom is 0.325 e. The standard InChI is InChI=1S/C14H18FNO3/c1-4-16(9-13(17)19-5-2)14(18)11-7-6-10(3)12(15)8-11/h6-8H,4-5,9H2,1-3H3. The van der Waals surface area contributed by atoms with Gasteiger partial charge in [-0.15, -0.1) is 0 Å². The molecule has 0 unspecified atom stereocenters. The van der Waals surface area contributed by atoms with Gasteiger partial charge >= 0.3 is 5.97 Å². The fourth-order valence-electron chi connectivity index (χ4n) is 1.60. The van der Waals surface area contributed by atoms with E-state index in [0.29, 0.717) is 12.1 Å². The number of esters is 1. The monoisotopic (exact) mass is 267 g/mol. The van der Waals surface area contributed by atoms with Crippen LogP contribution in [0.4, 0.5) is 4.39 Å². The summed E-state index contributed by atoms with van der Waals surface area (Å²) in [5.74, 6) is -1.28. The van der Waals surface area contributed by atoms with Crippen LogP contribution in [0.1, 0.15) is 29.8 Å². The van der Waals surface area contributed by atoms with E-state index in [9.17, 15) is 14.0 Å². The normalized spacial score (nSPS) is 10.1. The van der Waals surface area contributed by atoms with Gasteiger partial charge in [-0.3, -0.25) is 9.59 Å². The molecular weight excluding hydrogens is 249 g/mol. The molecule has 19 heavy (non-hydrogen) atoms. The molecule has 0 N–H and O–H groups in total. The first-order chi connectivity index (χ1) is 8.99. The van der Waals surface area contributed by atoms with Crippen LogP contribution in [0.3, 0.4) is 0 Å². The molecule has 0 spiro atoms. The first-order valence-corrected chi connectivity index (χ1v) is 6.20. The molecule has 0 aromatic heterocycles. The van der Waals surface area contributed by atoms with E-state index in [1.165, 1.54) is 11.0 Å². The van der Waals surface area contributed by atoms with Crippen LogP contribution in [0.25, 0.3) is 0 Å². The van der Waals surface area contributed by atoms with Crippen molar-refractivity contribution in [3.63, 3.8) is 0 Å². The Morgan fingerprint density at radius 3 is 2.53 bits per heavy atom. The highest BCUT2D eigenvalue weighted by Crippen LogP contribution is 2.11. The SMILES string of the molecule is CCOC(=O)CN(CC)C(=O)c1ccc(C)c(F)c1. The lowest BCUT2D eigenvalue weighted by molar-refractivity contribution is -0.143. The van der Waals surface area contributed by atoms with Gasteiger partial charge in [-0.25, -0.2) is 4.39 Å². The molecule has 0 aliphatic carbocycles. The summed E-state index contributed by atoms with van der Waals surface area (Å²) in [4.78, 5) is 24.8. The lowest BCUT2D eigenvalue weighted by atomic mass is 10.1. The van der Waals surface area contributed by atoms with Crippen molar-refractivity contribution >= 4 is 11.9 Å². The summed E-state index contributed by atoms with van der Waals surface area (Å²) >= 11 is 0. The van der Waals surface area contributed by atoms with Crippen molar-refractivity contribution in [3.8, 4) is 0 Å². The molecule has 4 nitrogen and oxygen atoms in total. The molecule has 0 aliphatic heterocycles. The minimum absolute atomic E-state index is 0.126. The van der Waals surface area contributed by atoms with Crippen molar-refractivity contribution in [3.05, 3.63) is 35.1 Å². The molecule has 1 amide bonds. The Labute approximate surface area is 112 Å². The van der Waals surface area contributed by atoms with E-state index in [0.717, 1.165) is 0 Å². The molecular formula is C14H18FNO3. The molecule has 0 saturated heterocycles. The van der Waals surface area contributed by atoms with Crippen molar-refractivity contribution in [2.45, 2.75) is 20.8 Å². The highest BCUT2D eigenvalue weighted by atomic mass is 19.1. The molecule has 5 heteroatoms. The predicted molar refractivity (Wildman–Crippen MR) is 69.3 cm³/mol. The minimum atomic E-state index is -0.467. The number of carbonyl (C=O) groups is 2. The number of rotatable bonds is 5. The average Bonchev–Trinajstić information content (AvgIpc) is 2.38. The van der Waals surface area contributed by atoms with E-state index in [4.69, 9.17) is 4.74 Å². The molecule has 1 aromatic carbocycles. The number of likely N-dealkylation sites (N-methyl/N-ethyl adjacent to an activating group) is 1. The zero-order chi connectivity index (χ0) is 14.4. The Balaban J connectivity index is 2.83. The van der Waals surface area contributed by atoms with E-state index >= 15 is 0 Å². The quantitative estimate of drug-likeness (QED) is 0.768. The Morgan fingerprint density at radius 1 is 1.32 bits per heavy atom. The third-order valence-corrected chi connectivity index (χ3v) is 2.71. The Kier molecular flexibility index (Phi) is 5.48. The number of nitrogens with zero attached hydrogens (tertiary/aromatic N) is 1. The number of benzene rings is 1. The fraction of sp³-hybridized carbons (Fsp3) is 0.429. The van der Waals surface area contributed by atoms with Gasteiger partial charge in [0.05, 0.1) is 6.61 Å². The van der Waals surface area contributed by atoms with Crippen molar-refractivity contribution in [2.24, 2.45) is 0 Å². The minimum Gasteiger partial charge on any atom is -0.465 e. The second kappa shape index (κ2) is 6.87. The molecule has 0 fully saturated rings. The van der Waals surface area contributed by atoms with Crippen LogP contribution in [0.2, 0.25) is 0 Å². The largest absolute Gasteiger partial charge is 0.465 e. The van der Waals surface area contributed by atoms with Gasteiger partial charge in [0.1, 0.15) is 12.4 Å². The van der Waals surface area contributed by atoms with Gasteiger partial charge in [0, 0.05) is 12.1 Å². The average molecular weight is 267 g/mol. The van der Waals surface area contributed by atoms with E-state index in [1.807, 2.05) is 0 Å². The number of hydrogen-bond donors (Lipinski definition) is 0. The topological polar surface area (TPSA) is 46.6 Å².